The van der Waals surface area contributed by atoms with Crippen molar-refractivity contribution in [2.24, 2.45) is 0 Å². The fraction of sp³-hybridized carbons (Fsp3) is 0.333. The number of hydrogen-bond acceptors (Lipinski definition) is 5. The van der Waals surface area contributed by atoms with Crippen molar-refractivity contribution in [2.75, 3.05) is 31.1 Å². The van der Waals surface area contributed by atoms with Crippen LogP contribution in [0.3, 0.4) is 0 Å². The minimum absolute atomic E-state index is 0.175. The largest absolute Gasteiger partial charge is 0.352 e. The summed E-state index contributed by atoms with van der Waals surface area (Å²) in [7, 11) is 0. The Bertz CT molecular complexity index is 948. The van der Waals surface area contributed by atoms with Gasteiger partial charge < -0.3 is 9.80 Å². The number of carbonyl (C=O) groups is 1. The van der Waals surface area contributed by atoms with Crippen molar-refractivity contribution in [3.05, 3.63) is 52.3 Å². The molecule has 26 heavy (non-hydrogen) atoms. The summed E-state index contributed by atoms with van der Waals surface area (Å²) in [5.74, 6) is 1.06. The fourth-order valence-electron chi connectivity index (χ4n) is 3.18. The van der Waals surface area contributed by atoms with E-state index in [9.17, 15) is 4.79 Å². The first-order valence-electron chi connectivity index (χ1n) is 8.55. The molecule has 0 unspecified atom stereocenters. The van der Waals surface area contributed by atoms with E-state index in [1.807, 2.05) is 36.1 Å². The predicted octanol–water partition coefficient (Wildman–Crippen LogP) is 2.09. The molecule has 0 spiro atoms. The molecule has 2 aromatic heterocycles. The summed E-state index contributed by atoms with van der Waals surface area (Å²) in [6, 6.07) is 9.93. The van der Waals surface area contributed by atoms with Gasteiger partial charge in [0.15, 0.2) is 5.65 Å². The monoisotopic (exact) mass is 414 g/mol. The van der Waals surface area contributed by atoms with Crippen LogP contribution in [0.4, 0.5) is 5.82 Å². The van der Waals surface area contributed by atoms with Gasteiger partial charge >= 0.3 is 0 Å². The van der Waals surface area contributed by atoms with Crippen molar-refractivity contribution in [1.29, 1.82) is 0 Å². The molecule has 3 heterocycles. The Hall–Kier alpha value is -2.48. The molecule has 7 nitrogen and oxygen atoms in total. The van der Waals surface area contributed by atoms with Gasteiger partial charge in [-0.05, 0) is 36.2 Å². The lowest BCUT2D eigenvalue weighted by Crippen LogP contribution is -2.49. The van der Waals surface area contributed by atoms with E-state index in [0.717, 1.165) is 40.2 Å². The zero-order chi connectivity index (χ0) is 18.1. The number of aromatic nitrogens is 4. The molecule has 0 radical (unpaired) electrons. The Kier molecular flexibility index (Phi) is 4.58. The molecule has 1 amide bonds. The number of piperazine rings is 1. The van der Waals surface area contributed by atoms with Gasteiger partial charge in [0, 0.05) is 30.7 Å². The molecular weight excluding hydrogens is 396 g/mol. The Labute approximate surface area is 159 Å². The highest BCUT2D eigenvalue weighted by atomic mass is 79.9. The Morgan fingerprint density at radius 1 is 1.15 bits per heavy atom. The molecule has 0 bridgehead atoms. The molecule has 8 heteroatoms. The highest BCUT2D eigenvalue weighted by Gasteiger charge is 2.22. The standard InChI is InChI=1S/C18H19BrN6O/c1-13-10-14(2-3-15(13)19)11-18(26)24-8-6-23(7-9-24)17-5-4-16-21-20-12-25(16)22-17/h2-5,10,12H,6-9,11H2,1H3. The zero-order valence-corrected chi connectivity index (χ0v) is 16.1. The molecular formula is C18H19BrN6O. The highest BCUT2D eigenvalue weighted by Crippen LogP contribution is 2.19. The molecule has 1 aliphatic rings. The van der Waals surface area contributed by atoms with E-state index in [4.69, 9.17) is 0 Å². The maximum Gasteiger partial charge on any atom is 0.227 e. The van der Waals surface area contributed by atoms with Crippen molar-refractivity contribution >= 4 is 33.3 Å². The summed E-state index contributed by atoms with van der Waals surface area (Å²) in [6.07, 6.45) is 2.04. The number of nitrogens with zero attached hydrogens (tertiary/aromatic N) is 6. The molecule has 134 valence electrons. The van der Waals surface area contributed by atoms with Crippen LogP contribution < -0.4 is 4.90 Å². The third kappa shape index (κ3) is 3.41. The van der Waals surface area contributed by atoms with E-state index in [2.05, 4.69) is 42.2 Å². The van der Waals surface area contributed by atoms with Crippen molar-refractivity contribution in [3.63, 3.8) is 0 Å². The fourth-order valence-corrected chi connectivity index (χ4v) is 3.42. The van der Waals surface area contributed by atoms with E-state index >= 15 is 0 Å². The highest BCUT2D eigenvalue weighted by molar-refractivity contribution is 9.10. The van der Waals surface area contributed by atoms with Crippen LogP contribution in [0.25, 0.3) is 5.65 Å². The first kappa shape index (κ1) is 17.0. The summed E-state index contributed by atoms with van der Waals surface area (Å²) < 4.78 is 2.74. The number of amides is 1. The van der Waals surface area contributed by atoms with Crippen molar-refractivity contribution in [3.8, 4) is 0 Å². The van der Waals surface area contributed by atoms with Crippen LogP contribution in [-0.4, -0.2) is 56.8 Å². The number of fused-ring (bicyclic) bond motifs is 1. The minimum Gasteiger partial charge on any atom is -0.352 e. The number of rotatable bonds is 3. The second kappa shape index (κ2) is 7.03. The van der Waals surface area contributed by atoms with Crippen LogP contribution >= 0.6 is 15.9 Å². The Morgan fingerprint density at radius 2 is 1.96 bits per heavy atom. The van der Waals surface area contributed by atoms with Gasteiger partial charge in [-0.15, -0.1) is 15.3 Å². The maximum atomic E-state index is 12.6. The molecule has 1 aliphatic heterocycles. The first-order valence-corrected chi connectivity index (χ1v) is 9.34. The van der Waals surface area contributed by atoms with Gasteiger partial charge in [0.1, 0.15) is 12.1 Å². The smallest absolute Gasteiger partial charge is 0.227 e. The molecule has 0 saturated carbocycles. The zero-order valence-electron chi connectivity index (χ0n) is 14.5. The first-order chi connectivity index (χ1) is 12.6. The number of halogens is 1. The maximum absolute atomic E-state index is 12.6. The second-order valence-electron chi connectivity index (χ2n) is 6.45. The number of carbonyl (C=O) groups excluding carboxylic acids is 1. The predicted molar refractivity (Wildman–Crippen MR) is 102 cm³/mol. The molecule has 0 aliphatic carbocycles. The van der Waals surface area contributed by atoms with Crippen LogP contribution in [0, 0.1) is 6.92 Å². The molecule has 1 saturated heterocycles. The second-order valence-corrected chi connectivity index (χ2v) is 7.31. The molecule has 0 N–H and O–H groups in total. The van der Waals surface area contributed by atoms with E-state index in [-0.39, 0.29) is 5.91 Å². The lowest BCUT2D eigenvalue weighted by Gasteiger charge is -2.35. The van der Waals surface area contributed by atoms with Gasteiger partial charge in [-0.25, -0.2) is 0 Å². The SMILES string of the molecule is Cc1cc(CC(=O)N2CCN(c3ccc4nncn4n3)CC2)ccc1Br. The van der Waals surface area contributed by atoms with Crippen LogP contribution in [-0.2, 0) is 11.2 Å². The minimum atomic E-state index is 0.175. The van der Waals surface area contributed by atoms with E-state index < -0.39 is 0 Å². The van der Waals surface area contributed by atoms with Crippen molar-refractivity contribution in [2.45, 2.75) is 13.3 Å². The van der Waals surface area contributed by atoms with Crippen LogP contribution in [0.2, 0.25) is 0 Å². The van der Waals surface area contributed by atoms with Gasteiger partial charge in [-0.3, -0.25) is 4.79 Å². The number of benzene rings is 1. The molecule has 4 rings (SSSR count). The number of aryl methyl sites for hydroxylation is 1. The van der Waals surface area contributed by atoms with Crippen LogP contribution in [0.15, 0.2) is 41.1 Å². The van der Waals surface area contributed by atoms with Crippen molar-refractivity contribution < 1.29 is 4.79 Å². The van der Waals surface area contributed by atoms with Crippen molar-refractivity contribution in [1.82, 2.24) is 24.7 Å². The Balaban J connectivity index is 1.37. The van der Waals surface area contributed by atoms with Gasteiger partial charge in [0.2, 0.25) is 5.91 Å². The molecule has 1 fully saturated rings. The van der Waals surface area contributed by atoms with Crippen LogP contribution in [0.5, 0.6) is 0 Å². The summed E-state index contributed by atoms with van der Waals surface area (Å²) in [6.45, 7) is 4.99. The number of anilines is 1. The van der Waals surface area contributed by atoms with E-state index in [1.54, 1.807) is 10.8 Å². The lowest BCUT2D eigenvalue weighted by atomic mass is 10.1. The average Bonchev–Trinajstić information content (AvgIpc) is 3.12. The average molecular weight is 415 g/mol. The molecule has 1 aromatic carbocycles. The van der Waals surface area contributed by atoms with Gasteiger partial charge in [0.25, 0.3) is 0 Å². The summed E-state index contributed by atoms with van der Waals surface area (Å²) in [5.41, 5.74) is 2.93. The molecule has 0 atom stereocenters. The van der Waals surface area contributed by atoms with Gasteiger partial charge in [-0.2, -0.15) is 4.52 Å². The third-order valence-corrected chi connectivity index (χ3v) is 5.57. The van der Waals surface area contributed by atoms with E-state index in [1.165, 1.54) is 0 Å². The van der Waals surface area contributed by atoms with Gasteiger partial charge in [0.05, 0.1) is 6.42 Å². The van der Waals surface area contributed by atoms with Crippen LogP contribution in [0.1, 0.15) is 11.1 Å². The van der Waals surface area contributed by atoms with Gasteiger partial charge in [-0.1, -0.05) is 28.1 Å². The summed E-state index contributed by atoms with van der Waals surface area (Å²) in [4.78, 5) is 16.7. The summed E-state index contributed by atoms with van der Waals surface area (Å²) in [5, 5.41) is 12.3. The normalized spacial score (nSPS) is 14.8. The number of hydrogen-bond donors (Lipinski definition) is 0. The lowest BCUT2D eigenvalue weighted by molar-refractivity contribution is -0.130. The topological polar surface area (TPSA) is 66.6 Å². The molecule has 3 aromatic rings. The summed E-state index contributed by atoms with van der Waals surface area (Å²) >= 11 is 3.50. The third-order valence-electron chi connectivity index (χ3n) is 4.68. The quantitative estimate of drug-likeness (QED) is 0.656. The van der Waals surface area contributed by atoms with E-state index in [0.29, 0.717) is 19.5 Å². The Morgan fingerprint density at radius 3 is 2.73 bits per heavy atom.